The molecule has 0 aromatic heterocycles. The molecule has 0 heterocycles. The van der Waals surface area contributed by atoms with Crippen molar-refractivity contribution in [3.63, 3.8) is 0 Å². The first kappa shape index (κ1) is 10.2. The van der Waals surface area contributed by atoms with Gasteiger partial charge in [-0.3, -0.25) is 0 Å². The predicted molar refractivity (Wildman–Crippen MR) is 47.8 cm³/mol. The summed E-state index contributed by atoms with van der Waals surface area (Å²) in [5.41, 5.74) is 0. The zero-order valence-electron chi connectivity index (χ0n) is 7.49. The second kappa shape index (κ2) is 3.56. The van der Waals surface area contributed by atoms with Gasteiger partial charge in [-0.05, 0) is 0 Å². The molecule has 0 saturated carbocycles. The van der Waals surface area contributed by atoms with Crippen LogP contribution in [0.2, 0.25) is 14.8 Å². The van der Waals surface area contributed by atoms with Crippen molar-refractivity contribution < 1.29 is 4.79 Å². The molecule has 1 nitrogen and oxygen atoms in total. The van der Waals surface area contributed by atoms with Gasteiger partial charge in [0.05, 0.1) is 0 Å². The van der Waals surface area contributed by atoms with Gasteiger partial charge >= 0.3 is 67.3 Å². The van der Waals surface area contributed by atoms with Crippen LogP contribution in [0.3, 0.4) is 0 Å². The number of hydrogen-bond acceptors (Lipinski definition) is 1. The Labute approximate surface area is 67.4 Å². The number of carbonyl (C=O) groups excluding carboxylic acids is 1. The second-order valence-corrected chi connectivity index (χ2v) is 18.8. The van der Waals surface area contributed by atoms with Crippen molar-refractivity contribution in [1.29, 1.82) is 0 Å². The first-order valence-corrected chi connectivity index (χ1v) is 13.5. The molecule has 0 rings (SSSR count). The summed E-state index contributed by atoms with van der Waals surface area (Å²) in [6, 6.07) is 0. The molecule has 0 aliphatic rings. The van der Waals surface area contributed by atoms with E-state index in [1.807, 2.05) is 0 Å². The first-order chi connectivity index (χ1) is 4.34. The third kappa shape index (κ3) is 4.09. The monoisotopic (exact) mass is 248 g/mol. The Balaban J connectivity index is 4.35. The summed E-state index contributed by atoms with van der Waals surface area (Å²) in [6.07, 6.45) is 1.79. The van der Waals surface area contributed by atoms with E-state index < -0.39 is 18.4 Å². The SMILES string of the molecule is CC(=O)/C=[C](/C)[Sn]([CH3])([CH3])[CH3]. The summed E-state index contributed by atoms with van der Waals surface area (Å²) < 4.78 is 1.35. The van der Waals surface area contributed by atoms with E-state index in [1.54, 1.807) is 13.0 Å². The molecule has 58 valence electrons. The van der Waals surface area contributed by atoms with Gasteiger partial charge in [-0.2, -0.15) is 0 Å². The van der Waals surface area contributed by atoms with E-state index in [-0.39, 0.29) is 5.78 Å². The molecule has 0 spiro atoms. The van der Waals surface area contributed by atoms with E-state index in [0.29, 0.717) is 0 Å². The van der Waals surface area contributed by atoms with E-state index >= 15 is 0 Å². The van der Waals surface area contributed by atoms with Crippen molar-refractivity contribution in [2.75, 3.05) is 0 Å². The van der Waals surface area contributed by atoms with Crippen LogP contribution < -0.4 is 0 Å². The zero-order valence-corrected chi connectivity index (χ0v) is 10.3. The van der Waals surface area contributed by atoms with Crippen LogP contribution in [-0.2, 0) is 4.79 Å². The predicted octanol–water partition coefficient (Wildman–Crippen LogP) is 2.40. The van der Waals surface area contributed by atoms with Crippen LogP contribution in [0.1, 0.15) is 13.8 Å². The summed E-state index contributed by atoms with van der Waals surface area (Å²) in [5, 5.41) is 0. The third-order valence-corrected chi connectivity index (χ3v) is 8.77. The standard InChI is InChI=1S/C5H7O.3CH3.Sn/c1-3-4-5(2)6;;;;/h4H,1-2H3;3*1H3;. The Morgan fingerprint density at radius 2 is 1.60 bits per heavy atom. The Morgan fingerprint density at radius 3 is 1.70 bits per heavy atom. The molecule has 0 aromatic carbocycles. The number of rotatable bonds is 2. The summed E-state index contributed by atoms with van der Waals surface area (Å²) in [6.45, 7) is 3.69. The van der Waals surface area contributed by atoms with Crippen molar-refractivity contribution in [3.05, 3.63) is 9.67 Å². The number of allylic oxidation sites excluding steroid dienone is 2. The molecular weight excluding hydrogens is 231 g/mol. The normalized spacial score (nSPS) is 13.5. The van der Waals surface area contributed by atoms with Crippen LogP contribution in [0, 0.1) is 0 Å². The van der Waals surface area contributed by atoms with Crippen molar-refractivity contribution in [2.45, 2.75) is 28.7 Å². The molecule has 0 amide bonds. The van der Waals surface area contributed by atoms with Gasteiger partial charge < -0.3 is 0 Å². The number of ketones is 1. The molecule has 0 aromatic rings. The van der Waals surface area contributed by atoms with Crippen LogP contribution in [0.25, 0.3) is 0 Å². The molecule has 0 radical (unpaired) electrons. The van der Waals surface area contributed by atoms with E-state index in [1.165, 1.54) is 3.59 Å². The average molecular weight is 247 g/mol. The van der Waals surface area contributed by atoms with Gasteiger partial charge in [0.2, 0.25) is 0 Å². The molecular formula is C8H16OSn. The van der Waals surface area contributed by atoms with E-state index in [9.17, 15) is 4.79 Å². The topological polar surface area (TPSA) is 17.1 Å². The van der Waals surface area contributed by atoms with Gasteiger partial charge in [0.15, 0.2) is 0 Å². The van der Waals surface area contributed by atoms with Gasteiger partial charge in [-0.1, -0.05) is 0 Å². The molecule has 2 heteroatoms. The summed E-state index contributed by atoms with van der Waals surface area (Å²) in [4.78, 5) is 17.6. The molecule has 0 bridgehead atoms. The number of carbonyl (C=O) groups is 1. The summed E-state index contributed by atoms with van der Waals surface area (Å²) >= 11 is -1.86. The van der Waals surface area contributed by atoms with Crippen LogP contribution in [0.15, 0.2) is 9.67 Å². The molecule has 0 unspecified atom stereocenters. The quantitative estimate of drug-likeness (QED) is 0.540. The third-order valence-electron chi connectivity index (χ3n) is 1.60. The molecule has 10 heavy (non-hydrogen) atoms. The van der Waals surface area contributed by atoms with E-state index in [4.69, 9.17) is 0 Å². The Morgan fingerprint density at radius 1 is 1.20 bits per heavy atom. The van der Waals surface area contributed by atoms with Crippen molar-refractivity contribution in [1.82, 2.24) is 0 Å². The summed E-state index contributed by atoms with van der Waals surface area (Å²) in [5.74, 6) is 0.184. The molecule has 0 aliphatic heterocycles. The van der Waals surface area contributed by atoms with Gasteiger partial charge in [-0.15, -0.1) is 0 Å². The van der Waals surface area contributed by atoms with Crippen LogP contribution in [0.5, 0.6) is 0 Å². The molecule has 0 saturated heterocycles. The van der Waals surface area contributed by atoms with Crippen molar-refractivity contribution in [3.8, 4) is 0 Å². The second-order valence-electron chi connectivity index (χ2n) is 3.69. The summed E-state index contributed by atoms with van der Waals surface area (Å²) in [7, 11) is 0. The molecule has 0 fully saturated rings. The van der Waals surface area contributed by atoms with E-state index in [0.717, 1.165) is 0 Å². The fourth-order valence-electron chi connectivity index (χ4n) is 0.521. The maximum atomic E-state index is 10.7. The van der Waals surface area contributed by atoms with Crippen LogP contribution >= 0.6 is 0 Å². The zero-order chi connectivity index (χ0) is 8.36. The van der Waals surface area contributed by atoms with Crippen molar-refractivity contribution >= 4 is 24.2 Å². The Hall–Kier alpha value is 0.209. The van der Waals surface area contributed by atoms with Crippen LogP contribution in [-0.4, -0.2) is 24.2 Å². The van der Waals surface area contributed by atoms with Gasteiger partial charge in [0.25, 0.3) is 0 Å². The average Bonchev–Trinajstić information content (AvgIpc) is 1.60. The van der Waals surface area contributed by atoms with Crippen molar-refractivity contribution in [2.24, 2.45) is 0 Å². The van der Waals surface area contributed by atoms with Gasteiger partial charge in [0.1, 0.15) is 0 Å². The minimum atomic E-state index is -1.86. The molecule has 0 aliphatic carbocycles. The number of hydrogen-bond donors (Lipinski definition) is 0. The Kier molecular flexibility index (Phi) is 3.63. The maximum absolute atomic E-state index is 10.7. The van der Waals surface area contributed by atoms with Crippen LogP contribution in [0.4, 0.5) is 0 Å². The fraction of sp³-hybridized carbons (Fsp3) is 0.625. The van der Waals surface area contributed by atoms with Gasteiger partial charge in [-0.25, -0.2) is 0 Å². The first-order valence-electron chi connectivity index (χ1n) is 3.53. The fourth-order valence-corrected chi connectivity index (χ4v) is 2.34. The molecule has 0 N–H and O–H groups in total. The van der Waals surface area contributed by atoms with Gasteiger partial charge in [0, 0.05) is 0 Å². The molecule has 0 atom stereocenters. The minimum absolute atomic E-state index is 0.184. The van der Waals surface area contributed by atoms with E-state index in [2.05, 4.69) is 21.7 Å². The Bertz CT molecular complexity index is 163.